The fraction of sp³-hybridized carbons (Fsp3) is 0.417. The quantitative estimate of drug-likeness (QED) is 0.103. The van der Waals surface area contributed by atoms with Crippen LogP contribution < -0.4 is 15.5 Å². The highest BCUT2D eigenvalue weighted by atomic mass is 19.3. The molecule has 3 aromatic carbocycles. The van der Waals surface area contributed by atoms with Crippen molar-refractivity contribution in [1.29, 1.82) is 0 Å². The number of carbonyl (C=O) groups excluding carboxylic acids is 4. The van der Waals surface area contributed by atoms with Crippen molar-refractivity contribution in [2.75, 3.05) is 58.3 Å². The number of benzene rings is 3. The van der Waals surface area contributed by atoms with Gasteiger partial charge in [-0.15, -0.1) is 5.10 Å². The summed E-state index contributed by atoms with van der Waals surface area (Å²) in [6, 6.07) is 10.4. The minimum absolute atomic E-state index is 0.0143. The number of aryl methyl sites for hydroxylation is 1. The van der Waals surface area contributed by atoms with Crippen molar-refractivity contribution in [2.24, 2.45) is 0 Å². The Labute approximate surface area is 382 Å². The standard InChI is InChI=1S/C32H34F3N7O2.C16H17F3N2O2/c1-40(2)32(44)26-17-25-24(22-6-5-21(28(33)29(22)34)19-7-10-36-11-8-19)16-23(30(35)31(25)38-26)20-4-3-13-41(18-20)27(43)9-14-42-15-12-37-39-42;17-12-8-10(11-3-5-14(22)20-15(11)23)2-4-13(12)21-7-1-6-16(18,19)9-21/h4-6,12,15-17,19,36,38H,3,7-11,13-14,18H2,1-2H3;2,4,8,11H,1,3,5-7,9H2,(H,20,22,23). The highest BCUT2D eigenvalue weighted by molar-refractivity contribution is 6.05. The molecule has 3 fully saturated rings. The van der Waals surface area contributed by atoms with Gasteiger partial charge in [0.1, 0.15) is 11.5 Å². The number of carbonyl (C=O) groups is 4. The van der Waals surface area contributed by atoms with Crippen LogP contribution in [0.1, 0.15) is 90.4 Å². The zero-order chi connectivity index (χ0) is 47.6. The van der Waals surface area contributed by atoms with Crippen LogP contribution in [-0.2, 0) is 20.9 Å². The summed E-state index contributed by atoms with van der Waals surface area (Å²) < 4.78 is 90.7. The topological polar surface area (TPSA) is 149 Å². The molecule has 1 unspecified atom stereocenters. The van der Waals surface area contributed by atoms with E-state index >= 15 is 13.2 Å². The Bertz CT molecular complexity index is 2720. The lowest BCUT2D eigenvalue weighted by molar-refractivity contribution is -0.134. The van der Waals surface area contributed by atoms with Crippen LogP contribution in [0.5, 0.6) is 0 Å². The molecule has 5 aromatic rings. The minimum Gasteiger partial charge on any atom is -0.363 e. The molecule has 4 amide bonds. The Morgan fingerprint density at radius 1 is 0.910 bits per heavy atom. The number of nitrogens with one attached hydrogen (secondary N) is 3. The molecular weight excluding hydrogens is 881 g/mol. The van der Waals surface area contributed by atoms with E-state index in [1.807, 2.05) is 6.08 Å². The number of nitrogens with zero attached hydrogens (tertiary/aromatic N) is 6. The number of piperidine rings is 3. The third-order valence-corrected chi connectivity index (χ3v) is 12.9. The van der Waals surface area contributed by atoms with E-state index in [4.69, 9.17) is 0 Å². The summed E-state index contributed by atoms with van der Waals surface area (Å²) in [7, 11) is 3.15. The summed E-state index contributed by atoms with van der Waals surface area (Å²) in [6.45, 7) is 2.33. The molecule has 6 heterocycles. The summed E-state index contributed by atoms with van der Waals surface area (Å²) in [4.78, 5) is 56.1. The average molecular weight is 932 g/mol. The van der Waals surface area contributed by atoms with Crippen LogP contribution in [0.3, 0.4) is 0 Å². The van der Waals surface area contributed by atoms with Crippen molar-refractivity contribution in [2.45, 2.75) is 75.7 Å². The van der Waals surface area contributed by atoms with Gasteiger partial charge in [-0.25, -0.2) is 26.3 Å². The molecule has 0 aliphatic carbocycles. The Kier molecular flexibility index (Phi) is 13.9. The van der Waals surface area contributed by atoms with Crippen molar-refractivity contribution < 1.29 is 45.5 Å². The Balaban J connectivity index is 0.000000222. The van der Waals surface area contributed by atoms with Crippen molar-refractivity contribution in [3.63, 3.8) is 0 Å². The highest BCUT2D eigenvalue weighted by Gasteiger charge is 2.37. The number of H-pyrrole nitrogens is 1. The summed E-state index contributed by atoms with van der Waals surface area (Å²) in [6.07, 6.45) is 7.84. The lowest BCUT2D eigenvalue weighted by atomic mass is 9.87. The maximum Gasteiger partial charge on any atom is 0.269 e. The summed E-state index contributed by atoms with van der Waals surface area (Å²) >= 11 is 0. The summed E-state index contributed by atoms with van der Waals surface area (Å²) in [5.74, 6) is -7.94. The van der Waals surface area contributed by atoms with Gasteiger partial charge in [-0.2, -0.15) is 0 Å². The molecule has 2 aromatic heterocycles. The van der Waals surface area contributed by atoms with Gasteiger partial charge in [0.05, 0.1) is 36.4 Å². The number of rotatable bonds is 9. The molecule has 19 heteroatoms. The Morgan fingerprint density at radius 2 is 1.70 bits per heavy atom. The van der Waals surface area contributed by atoms with Gasteiger partial charge in [0, 0.05) is 75.7 Å². The van der Waals surface area contributed by atoms with Crippen molar-refractivity contribution in [1.82, 2.24) is 40.4 Å². The number of alkyl halides is 2. The molecule has 3 saturated heterocycles. The number of aromatic nitrogens is 4. The van der Waals surface area contributed by atoms with Gasteiger partial charge < -0.3 is 25.0 Å². The molecule has 4 aliphatic rings. The van der Waals surface area contributed by atoms with Crippen LogP contribution in [0.15, 0.2) is 60.9 Å². The zero-order valence-electron chi connectivity index (χ0n) is 37.1. The van der Waals surface area contributed by atoms with E-state index in [9.17, 15) is 32.3 Å². The largest absolute Gasteiger partial charge is 0.363 e. The molecule has 0 saturated carbocycles. The van der Waals surface area contributed by atoms with Gasteiger partial charge in [-0.3, -0.25) is 29.2 Å². The predicted octanol–water partition coefficient (Wildman–Crippen LogP) is 7.30. The van der Waals surface area contributed by atoms with Gasteiger partial charge in [0.25, 0.3) is 11.8 Å². The third kappa shape index (κ3) is 10.3. The SMILES string of the molecule is CN(C)C(=O)c1cc2c(-c3ccc(C4CCNCC4)c(F)c3F)cc(C3=CCCN(C(=O)CCn4ccnn4)C3)c(F)c2[nH]1.O=C1CCC(c2ccc(N3CCCC(F)(F)C3)c(F)c2)C(=O)N1. The first kappa shape index (κ1) is 47.0. The predicted molar refractivity (Wildman–Crippen MR) is 238 cm³/mol. The van der Waals surface area contributed by atoms with E-state index in [1.165, 1.54) is 40.3 Å². The number of fused-ring (bicyclic) bond motifs is 1. The molecule has 3 N–H and O–H groups in total. The van der Waals surface area contributed by atoms with Gasteiger partial charge in [-0.1, -0.05) is 29.5 Å². The van der Waals surface area contributed by atoms with E-state index in [1.54, 1.807) is 48.1 Å². The van der Waals surface area contributed by atoms with Crippen molar-refractivity contribution >= 4 is 45.8 Å². The maximum absolute atomic E-state index is 16.3. The van der Waals surface area contributed by atoms with E-state index < -0.39 is 47.6 Å². The number of imide groups is 1. The summed E-state index contributed by atoms with van der Waals surface area (Å²) in [5, 5.41) is 13.4. The Hall–Kier alpha value is -6.50. The maximum atomic E-state index is 16.3. The monoisotopic (exact) mass is 931 g/mol. The fourth-order valence-electron chi connectivity index (χ4n) is 9.35. The lowest BCUT2D eigenvalue weighted by Gasteiger charge is -2.34. The first-order valence-corrected chi connectivity index (χ1v) is 22.4. The number of hydrogen-bond donors (Lipinski definition) is 3. The van der Waals surface area contributed by atoms with Crippen LogP contribution in [0.2, 0.25) is 0 Å². The van der Waals surface area contributed by atoms with Crippen LogP contribution in [-0.4, -0.2) is 113 Å². The molecule has 67 heavy (non-hydrogen) atoms. The van der Waals surface area contributed by atoms with E-state index in [0.29, 0.717) is 68.4 Å². The van der Waals surface area contributed by atoms with Crippen LogP contribution >= 0.6 is 0 Å². The fourth-order valence-corrected chi connectivity index (χ4v) is 9.35. The second kappa shape index (κ2) is 19.8. The summed E-state index contributed by atoms with van der Waals surface area (Å²) in [5.41, 5.74) is 2.00. The molecule has 0 radical (unpaired) electrons. The number of amides is 4. The second-order valence-electron chi connectivity index (χ2n) is 17.7. The molecular formula is C48H51F6N9O4. The molecule has 13 nitrogen and oxygen atoms in total. The molecule has 0 spiro atoms. The van der Waals surface area contributed by atoms with Crippen LogP contribution in [0.4, 0.5) is 32.0 Å². The highest BCUT2D eigenvalue weighted by Crippen LogP contribution is 2.40. The first-order valence-electron chi connectivity index (χ1n) is 22.4. The van der Waals surface area contributed by atoms with E-state index in [-0.39, 0.29) is 88.4 Å². The van der Waals surface area contributed by atoms with Crippen LogP contribution in [0, 0.1) is 23.3 Å². The zero-order valence-corrected chi connectivity index (χ0v) is 37.1. The average Bonchev–Trinajstić information content (AvgIpc) is 4.01. The van der Waals surface area contributed by atoms with Crippen LogP contribution in [0.25, 0.3) is 27.6 Å². The number of halogens is 6. The molecule has 354 valence electrons. The Morgan fingerprint density at radius 3 is 2.40 bits per heavy atom. The molecule has 4 aliphatic heterocycles. The number of aromatic amines is 1. The van der Waals surface area contributed by atoms with E-state index in [2.05, 4.69) is 25.9 Å². The van der Waals surface area contributed by atoms with Gasteiger partial charge >= 0.3 is 0 Å². The van der Waals surface area contributed by atoms with E-state index in [0.717, 1.165) is 13.1 Å². The lowest BCUT2D eigenvalue weighted by Crippen LogP contribution is -2.43. The molecule has 0 bridgehead atoms. The molecule has 1 atom stereocenters. The number of hydrogen-bond acceptors (Lipinski definition) is 8. The second-order valence-corrected chi connectivity index (χ2v) is 17.7. The van der Waals surface area contributed by atoms with Crippen molar-refractivity contribution in [3.8, 4) is 11.1 Å². The first-order chi connectivity index (χ1) is 32.1. The van der Waals surface area contributed by atoms with Crippen molar-refractivity contribution in [3.05, 3.63) is 107 Å². The van der Waals surface area contributed by atoms with Gasteiger partial charge in [0.2, 0.25) is 17.7 Å². The smallest absolute Gasteiger partial charge is 0.269 e. The number of anilines is 1. The normalized spacial score (nSPS) is 18.9. The van der Waals surface area contributed by atoms with Gasteiger partial charge in [-0.05, 0) is 97.6 Å². The third-order valence-electron chi connectivity index (χ3n) is 12.9. The molecule has 9 rings (SSSR count). The minimum atomic E-state index is -2.81. The van der Waals surface area contributed by atoms with Gasteiger partial charge in [0.15, 0.2) is 17.5 Å².